The van der Waals surface area contributed by atoms with Crippen LogP contribution in [-0.2, 0) is 0 Å². The zero-order chi connectivity index (χ0) is 41.0. The zero-order valence-electron chi connectivity index (χ0n) is 33.7. The molecule has 62 heavy (non-hydrogen) atoms. The lowest BCUT2D eigenvalue weighted by Crippen LogP contribution is -2.14. The van der Waals surface area contributed by atoms with Gasteiger partial charge in [-0.15, -0.1) is 0 Å². The molecule has 6 heteroatoms. The van der Waals surface area contributed by atoms with Crippen molar-refractivity contribution in [3.8, 4) is 62.2 Å². The van der Waals surface area contributed by atoms with Gasteiger partial charge in [0.1, 0.15) is 0 Å². The van der Waals surface area contributed by atoms with Crippen molar-refractivity contribution in [2.24, 2.45) is 0 Å². The molecular formula is C56H38N6. The van der Waals surface area contributed by atoms with Crippen LogP contribution >= 0.6 is 0 Å². The summed E-state index contributed by atoms with van der Waals surface area (Å²) in [5.41, 5.74) is 15.5. The Morgan fingerprint density at radius 2 is 1.08 bits per heavy atom. The molecule has 1 atom stereocenters. The lowest BCUT2D eigenvalue weighted by atomic mass is 9.91. The molecule has 0 fully saturated rings. The first-order valence-electron chi connectivity index (χ1n) is 21.1. The van der Waals surface area contributed by atoms with Crippen LogP contribution in [0, 0.1) is 0 Å². The first-order valence-corrected chi connectivity index (χ1v) is 21.1. The van der Waals surface area contributed by atoms with Crippen molar-refractivity contribution in [1.82, 2.24) is 24.5 Å². The van der Waals surface area contributed by atoms with E-state index in [4.69, 9.17) is 19.9 Å². The minimum Gasteiger partial charge on any atom is -0.313 e. The molecule has 3 aromatic heterocycles. The molecule has 1 unspecified atom stereocenters. The third-order valence-electron chi connectivity index (χ3n) is 12.2. The predicted octanol–water partition coefficient (Wildman–Crippen LogP) is 13.8. The summed E-state index contributed by atoms with van der Waals surface area (Å²) in [5, 5.41) is 2.51. The van der Waals surface area contributed by atoms with Gasteiger partial charge in [0, 0.05) is 62.2 Å². The molecule has 0 radical (unpaired) electrons. The molecule has 4 heterocycles. The number of allylic oxidation sites excluding steroid dienone is 4. The normalized spacial score (nSPS) is 14.2. The van der Waals surface area contributed by atoms with Gasteiger partial charge in [-0.25, -0.2) is 15.0 Å². The van der Waals surface area contributed by atoms with E-state index in [1.165, 1.54) is 49.9 Å². The first-order chi connectivity index (χ1) is 30.7. The number of para-hydroxylation sites is 2. The minimum atomic E-state index is 0.281. The Bertz CT molecular complexity index is 3310. The van der Waals surface area contributed by atoms with E-state index in [0.717, 1.165) is 45.7 Å². The molecule has 6 nitrogen and oxygen atoms in total. The summed E-state index contributed by atoms with van der Waals surface area (Å²) < 4.78 is 2.38. The molecule has 1 aliphatic carbocycles. The predicted molar refractivity (Wildman–Crippen MR) is 252 cm³/mol. The fourth-order valence-corrected chi connectivity index (χ4v) is 9.23. The lowest BCUT2D eigenvalue weighted by Gasteiger charge is -2.25. The highest BCUT2D eigenvalue weighted by Crippen LogP contribution is 2.51. The highest BCUT2D eigenvalue weighted by molar-refractivity contribution is 6.10. The number of hydrogen-bond donors (Lipinski definition) is 0. The summed E-state index contributed by atoms with van der Waals surface area (Å²) in [6.07, 6.45) is 9.55. The molecule has 0 bridgehead atoms. The fraction of sp³-hybridized carbons (Fsp3) is 0.0357. The summed E-state index contributed by atoms with van der Waals surface area (Å²) in [6, 6.07) is 66.2. The Balaban J connectivity index is 0.912. The Kier molecular flexibility index (Phi) is 8.52. The minimum absolute atomic E-state index is 0.281. The van der Waals surface area contributed by atoms with Crippen molar-refractivity contribution >= 4 is 33.2 Å². The van der Waals surface area contributed by atoms with Crippen LogP contribution in [-0.4, -0.2) is 24.5 Å². The van der Waals surface area contributed by atoms with Crippen molar-refractivity contribution < 1.29 is 0 Å². The summed E-state index contributed by atoms with van der Waals surface area (Å²) in [6.45, 7) is 0. The molecule has 2 aliphatic rings. The first kappa shape index (κ1) is 35.7. The van der Waals surface area contributed by atoms with Crippen LogP contribution in [0.5, 0.6) is 0 Å². The number of rotatable bonds is 7. The molecule has 0 N–H and O–H groups in total. The van der Waals surface area contributed by atoms with Gasteiger partial charge in [-0.1, -0.05) is 146 Å². The van der Waals surface area contributed by atoms with Crippen LogP contribution in [0.3, 0.4) is 0 Å². The second kappa shape index (κ2) is 14.8. The summed E-state index contributed by atoms with van der Waals surface area (Å²) in [4.78, 5) is 22.2. The van der Waals surface area contributed by atoms with Gasteiger partial charge < -0.3 is 9.47 Å². The third-order valence-corrected chi connectivity index (χ3v) is 12.2. The van der Waals surface area contributed by atoms with E-state index in [0.29, 0.717) is 17.5 Å². The highest BCUT2D eigenvalue weighted by atomic mass is 15.2. The smallest absolute Gasteiger partial charge is 0.164 e. The molecular weight excluding hydrogens is 757 g/mol. The Morgan fingerprint density at radius 1 is 0.452 bits per heavy atom. The molecule has 0 amide bonds. The number of hydrogen-bond acceptors (Lipinski definition) is 5. The van der Waals surface area contributed by atoms with Crippen molar-refractivity contribution in [2.45, 2.75) is 12.3 Å². The maximum Gasteiger partial charge on any atom is 0.164 e. The highest BCUT2D eigenvalue weighted by Gasteiger charge is 2.35. The average Bonchev–Trinajstić information content (AvgIpc) is 3.87. The maximum atomic E-state index is 4.99. The summed E-state index contributed by atoms with van der Waals surface area (Å²) in [5.74, 6) is 2.15. The van der Waals surface area contributed by atoms with Crippen LogP contribution in [0.4, 0.5) is 11.4 Å². The number of fused-ring (bicyclic) bond motifs is 6. The van der Waals surface area contributed by atoms with E-state index in [1.54, 1.807) is 0 Å². The topological polar surface area (TPSA) is 59.7 Å². The molecule has 0 saturated heterocycles. The Hall–Kier alpha value is -8.22. The number of pyridine rings is 1. The quantitative estimate of drug-likeness (QED) is 0.161. The summed E-state index contributed by atoms with van der Waals surface area (Å²) >= 11 is 0. The van der Waals surface area contributed by atoms with E-state index in [1.807, 2.05) is 72.9 Å². The van der Waals surface area contributed by atoms with E-state index in [-0.39, 0.29) is 5.92 Å². The Morgan fingerprint density at radius 3 is 1.82 bits per heavy atom. The van der Waals surface area contributed by atoms with Crippen LogP contribution in [0.2, 0.25) is 0 Å². The second-order valence-electron chi connectivity index (χ2n) is 15.9. The van der Waals surface area contributed by atoms with E-state index in [2.05, 4.69) is 149 Å². The van der Waals surface area contributed by atoms with E-state index in [9.17, 15) is 0 Å². The van der Waals surface area contributed by atoms with Gasteiger partial charge in [-0.3, -0.25) is 4.98 Å². The van der Waals surface area contributed by atoms with Gasteiger partial charge >= 0.3 is 0 Å². The van der Waals surface area contributed by atoms with E-state index < -0.39 is 0 Å². The van der Waals surface area contributed by atoms with Crippen LogP contribution in [0.1, 0.15) is 17.9 Å². The standard InChI is InChI=1S/C56H38N6/c1-4-14-38(15-5-1)54-58-55(39-16-6-2-7-17-39)60-56(59-54)42-32-33-57-49(34-42)41-27-31-48-46-21-11-13-23-51(46)62(53(48)36-41)44-28-24-37(25-29-44)40-26-30-47-45-20-10-12-22-50(45)61(52(47)35-40)43-18-8-3-9-19-43/h1-20,22-36,46H,21H2. The average molecular weight is 795 g/mol. The van der Waals surface area contributed by atoms with Crippen molar-refractivity contribution in [1.29, 1.82) is 0 Å². The van der Waals surface area contributed by atoms with Gasteiger partial charge in [0.25, 0.3) is 0 Å². The van der Waals surface area contributed by atoms with Gasteiger partial charge in [0.05, 0.1) is 22.4 Å². The molecule has 10 aromatic rings. The molecule has 1 aliphatic heterocycles. The lowest BCUT2D eigenvalue weighted by molar-refractivity contribution is 0.819. The van der Waals surface area contributed by atoms with Gasteiger partial charge in [-0.05, 0) is 83.8 Å². The number of nitrogens with zero attached hydrogens (tertiary/aromatic N) is 6. The maximum absolute atomic E-state index is 4.99. The van der Waals surface area contributed by atoms with E-state index >= 15 is 0 Å². The van der Waals surface area contributed by atoms with Gasteiger partial charge in [-0.2, -0.15) is 0 Å². The molecule has 292 valence electrons. The SMILES string of the molecule is C1=CCC2C(=C1)N(c1ccc(-c3ccc4c5ccccc5n(-c5ccccc5)c4c3)cc1)c1cc(-c3cc(-c4nc(-c5ccccc5)nc(-c5ccccc5)n4)ccn3)ccc12. The summed E-state index contributed by atoms with van der Waals surface area (Å²) in [7, 11) is 0. The van der Waals surface area contributed by atoms with Crippen LogP contribution < -0.4 is 4.90 Å². The number of aromatic nitrogens is 5. The van der Waals surface area contributed by atoms with Crippen LogP contribution in [0.15, 0.2) is 218 Å². The van der Waals surface area contributed by atoms with Crippen LogP contribution in [0.25, 0.3) is 84.0 Å². The molecule has 0 spiro atoms. The van der Waals surface area contributed by atoms with Gasteiger partial charge in [0.15, 0.2) is 17.5 Å². The second-order valence-corrected chi connectivity index (χ2v) is 15.9. The largest absolute Gasteiger partial charge is 0.313 e. The van der Waals surface area contributed by atoms with Crippen molar-refractivity contribution in [3.05, 3.63) is 224 Å². The fourth-order valence-electron chi connectivity index (χ4n) is 9.23. The molecule has 12 rings (SSSR count). The monoisotopic (exact) mass is 794 g/mol. The Labute approximate surface area is 359 Å². The number of anilines is 2. The van der Waals surface area contributed by atoms with Crippen molar-refractivity contribution in [3.63, 3.8) is 0 Å². The zero-order valence-corrected chi connectivity index (χ0v) is 33.7. The number of benzene rings is 7. The van der Waals surface area contributed by atoms with Gasteiger partial charge in [0.2, 0.25) is 0 Å². The third kappa shape index (κ3) is 6.11. The molecule has 0 saturated carbocycles. The van der Waals surface area contributed by atoms with Crippen molar-refractivity contribution in [2.75, 3.05) is 4.90 Å². The molecule has 7 aromatic carbocycles.